The van der Waals surface area contributed by atoms with E-state index in [2.05, 4.69) is 59.4 Å². The van der Waals surface area contributed by atoms with Crippen molar-refractivity contribution in [3.8, 4) is 0 Å². The monoisotopic (exact) mass is 271 g/mol. The average Bonchev–Trinajstić information content (AvgIpc) is 2.47. The Kier molecular flexibility index (Phi) is 5.36. The first kappa shape index (κ1) is 14.8. The summed E-state index contributed by atoms with van der Waals surface area (Å²) < 4.78 is 0. The number of nitrogens with zero attached hydrogens (tertiary/aromatic N) is 2. The third kappa shape index (κ3) is 3.70. The van der Waals surface area contributed by atoms with Gasteiger partial charge in [0.15, 0.2) is 0 Å². The number of para-hydroxylation sites is 1. The molecule has 3 nitrogen and oxygen atoms in total. The van der Waals surface area contributed by atoms with Crippen LogP contribution in [-0.2, 0) is 0 Å². The van der Waals surface area contributed by atoms with Gasteiger partial charge in [0.25, 0.3) is 0 Å². The number of fused-ring (bicyclic) bond motifs is 1. The van der Waals surface area contributed by atoms with Crippen LogP contribution in [0, 0.1) is 6.92 Å². The average molecular weight is 271 g/mol. The first-order chi connectivity index (χ1) is 9.74. The molecule has 0 aliphatic carbocycles. The van der Waals surface area contributed by atoms with Crippen LogP contribution in [0.15, 0.2) is 30.3 Å². The molecule has 0 radical (unpaired) electrons. The van der Waals surface area contributed by atoms with Crippen molar-refractivity contribution in [2.75, 3.05) is 31.5 Å². The summed E-state index contributed by atoms with van der Waals surface area (Å²) in [6.45, 7) is 10.9. The van der Waals surface area contributed by atoms with E-state index in [0.717, 1.165) is 49.5 Å². The Balaban J connectivity index is 1.98. The first-order valence-corrected chi connectivity index (χ1v) is 7.57. The summed E-state index contributed by atoms with van der Waals surface area (Å²) >= 11 is 0. The molecular formula is C17H25N3. The lowest BCUT2D eigenvalue weighted by molar-refractivity contribution is 0.303. The van der Waals surface area contributed by atoms with Crippen molar-refractivity contribution in [1.29, 1.82) is 0 Å². The number of anilines is 1. The zero-order valence-electron chi connectivity index (χ0n) is 12.8. The molecule has 0 fully saturated rings. The molecule has 0 saturated heterocycles. The van der Waals surface area contributed by atoms with Crippen LogP contribution < -0.4 is 5.32 Å². The second-order valence-electron chi connectivity index (χ2n) is 5.14. The number of hydrogen-bond donors (Lipinski definition) is 1. The van der Waals surface area contributed by atoms with Gasteiger partial charge in [-0.15, -0.1) is 0 Å². The SMILES string of the molecule is CCN(CC)CCCNc1cccc2ccc(C)nc12. The summed E-state index contributed by atoms with van der Waals surface area (Å²) in [5.41, 5.74) is 3.29. The van der Waals surface area contributed by atoms with Gasteiger partial charge >= 0.3 is 0 Å². The van der Waals surface area contributed by atoms with Crippen molar-refractivity contribution >= 4 is 16.6 Å². The lowest BCUT2D eigenvalue weighted by atomic mass is 10.1. The van der Waals surface area contributed by atoms with Gasteiger partial charge in [0.1, 0.15) is 0 Å². The van der Waals surface area contributed by atoms with Crippen LogP contribution in [0.1, 0.15) is 26.0 Å². The maximum absolute atomic E-state index is 4.65. The predicted molar refractivity (Wildman–Crippen MR) is 87.4 cm³/mol. The number of aromatic nitrogens is 1. The van der Waals surface area contributed by atoms with Gasteiger partial charge in [-0.25, -0.2) is 0 Å². The van der Waals surface area contributed by atoms with Crippen molar-refractivity contribution in [3.63, 3.8) is 0 Å². The number of rotatable bonds is 7. The van der Waals surface area contributed by atoms with Crippen LogP contribution >= 0.6 is 0 Å². The van der Waals surface area contributed by atoms with Gasteiger partial charge < -0.3 is 10.2 Å². The summed E-state index contributed by atoms with van der Waals surface area (Å²) in [5, 5.41) is 4.73. The Hall–Kier alpha value is -1.61. The van der Waals surface area contributed by atoms with E-state index >= 15 is 0 Å². The number of hydrogen-bond acceptors (Lipinski definition) is 3. The van der Waals surface area contributed by atoms with Gasteiger partial charge in [-0.3, -0.25) is 4.98 Å². The highest BCUT2D eigenvalue weighted by atomic mass is 15.1. The van der Waals surface area contributed by atoms with E-state index in [-0.39, 0.29) is 0 Å². The fraction of sp³-hybridized carbons (Fsp3) is 0.471. The zero-order chi connectivity index (χ0) is 14.4. The van der Waals surface area contributed by atoms with Gasteiger partial charge in [0, 0.05) is 17.6 Å². The van der Waals surface area contributed by atoms with E-state index in [1.54, 1.807) is 0 Å². The minimum atomic E-state index is 0.991. The largest absolute Gasteiger partial charge is 0.383 e. The highest BCUT2D eigenvalue weighted by Crippen LogP contribution is 2.21. The van der Waals surface area contributed by atoms with Gasteiger partial charge in [0.2, 0.25) is 0 Å². The fourth-order valence-corrected chi connectivity index (χ4v) is 2.45. The molecule has 0 aliphatic heterocycles. The topological polar surface area (TPSA) is 28.2 Å². The molecule has 0 spiro atoms. The number of nitrogens with one attached hydrogen (secondary N) is 1. The molecule has 1 heterocycles. The Morgan fingerprint density at radius 3 is 2.65 bits per heavy atom. The summed E-state index contributed by atoms with van der Waals surface area (Å²) in [6.07, 6.45) is 1.16. The molecule has 1 N–H and O–H groups in total. The molecule has 2 aromatic rings. The molecule has 1 aromatic carbocycles. The molecule has 0 unspecified atom stereocenters. The van der Waals surface area contributed by atoms with Crippen LogP contribution in [0.5, 0.6) is 0 Å². The van der Waals surface area contributed by atoms with Gasteiger partial charge in [-0.2, -0.15) is 0 Å². The van der Waals surface area contributed by atoms with Crippen molar-refractivity contribution in [2.24, 2.45) is 0 Å². The van der Waals surface area contributed by atoms with Gasteiger partial charge in [0.05, 0.1) is 11.2 Å². The maximum Gasteiger partial charge on any atom is 0.0936 e. The van der Waals surface area contributed by atoms with Crippen LogP contribution in [0.4, 0.5) is 5.69 Å². The summed E-state index contributed by atoms with van der Waals surface area (Å²) in [5.74, 6) is 0. The van der Waals surface area contributed by atoms with Crippen LogP contribution in [0.2, 0.25) is 0 Å². The standard InChI is InChI=1S/C17H25N3/c1-4-20(5-2)13-7-12-18-16-9-6-8-15-11-10-14(3)19-17(15)16/h6,8-11,18H,4-5,7,12-13H2,1-3H3. The van der Waals surface area contributed by atoms with E-state index in [1.165, 1.54) is 5.39 Å². The second-order valence-corrected chi connectivity index (χ2v) is 5.14. The van der Waals surface area contributed by atoms with E-state index in [4.69, 9.17) is 0 Å². The molecule has 0 bridgehead atoms. The first-order valence-electron chi connectivity index (χ1n) is 7.57. The molecule has 2 rings (SSSR count). The van der Waals surface area contributed by atoms with Crippen LogP contribution in [-0.4, -0.2) is 36.1 Å². The highest BCUT2D eigenvalue weighted by Gasteiger charge is 2.03. The van der Waals surface area contributed by atoms with Crippen molar-refractivity contribution < 1.29 is 0 Å². The molecule has 0 aliphatic rings. The minimum absolute atomic E-state index is 0.991. The van der Waals surface area contributed by atoms with Crippen molar-refractivity contribution in [1.82, 2.24) is 9.88 Å². The quantitative estimate of drug-likeness (QED) is 0.779. The molecule has 0 saturated carbocycles. The van der Waals surface area contributed by atoms with Crippen LogP contribution in [0.3, 0.4) is 0 Å². The van der Waals surface area contributed by atoms with Gasteiger partial charge in [-0.05, 0) is 45.1 Å². The second kappa shape index (κ2) is 7.25. The lowest BCUT2D eigenvalue weighted by Gasteiger charge is -2.18. The summed E-state index contributed by atoms with van der Waals surface area (Å²) in [7, 11) is 0. The number of aryl methyl sites for hydroxylation is 1. The molecular weight excluding hydrogens is 246 g/mol. The summed E-state index contributed by atoms with van der Waals surface area (Å²) in [6, 6.07) is 10.5. The molecule has 0 atom stereocenters. The third-order valence-electron chi connectivity index (χ3n) is 3.72. The Morgan fingerprint density at radius 1 is 1.10 bits per heavy atom. The lowest BCUT2D eigenvalue weighted by Crippen LogP contribution is -2.25. The predicted octanol–water partition coefficient (Wildman–Crippen LogP) is 3.69. The molecule has 108 valence electrons. The minimum Gasteiger partial charge on any atom is -0.383 e. The molecule has 0 amide bonds. The Labute approximate surface area is 122 Å². The molecule has 20 heavy (non-hydrogen) atoms. The Bertz CT molecular complexity index is 547. The Morgan fingerprint density at radius 2 is 1.90 bits per heavy atom. The zero-order valence-corrected chi connectivity index (χ0v) is 12.8. The van der Waals surface area contributed by atoms with Gasteiger partial charge in [-0.1, -0.05) is 32.0 Å². The van der Waals surface area contributed by atoms with E-state index in [9.17, 15) is 0 Å². The van der Waals surface area contributed by atoms with E-state index in [1.807, 2.05) is 6.92 Å². The number of benzene rings is 1. The third-order valence-corrected chi connectivity index (χ3v) is 3.72. The van der Waals surface area contributed by atoms with Crippen molar-refractivity contribution in [2.45, 2.75) is 27.2 Å². The molecule has 1 aromatic heterocycles. The van der Waals surface area contributed by atoms with E-state index < -0.39 is 0 Å². The molecule has 3 heteroatoms. The maximum atomic E-state index is 4.65. The summed E-state index contributed by atoms with van der Waals surface area (Å²) in [4.78, 5) is 7.10. The fourth-order valence-electron chi connectivity index (χ4n) is 2.45. The number of pyridine rings is 1. The highest BCUT2D eigenvalue weighted by molar-refractivity contribution is 5.90. The van der Waals surface area contributed by atoms with Crippen molar-refractivity contribution in [3.05, 3.63) is 36.0 Å². The van der Waals surface area contributed by atoms with E-state index in [0.29, 0.717) is 0 Å². The normalized spacial score (nSPS) is 11.2. The van der Waals surface area contributed by atoms with Crippen LogP contribution in [0.25, 0.3) is 10.9 Å². The smallest absolute Gasteiger partial charge is 0.0936 e.